The summed E-state index contributed by atoms with van der Waals surface area (Å²) in [6, 6.07) is 10.4. The van der Waals surface area contributed by atoms with Crippen LogP contribution in [0, 0.1) is 6.42 Å². The lowest BCUT2D eigenvalue weighted by Gasteiger charge is -2.01. The zero-order valence-electron chi connectivity index (χ0n) is 9.69. The Balaban J connectivity index is 1.94. The molecule has 1 radical (unpaired) electrons. The van der Waals surface area contributed by atoms with Gasteiger partial charge in [0.25, 0.3) is 0 Å². The van der Waals surface area contributed by atoms with Crippen LogP contribution in [0.5, 0.6) is 0 Å². The van der Waals surface area contributed by atoms with Crippen LogP contribution < -0.4 is 5.73 Å². The maximum Gasteiger partial charge on any atom is 0.217 e. The van der Waals surface area contributed by atoms with E-state index in [1.54, 1.807) is 0 Å². The molecule has 2 nitrogen and oxygen atoms in total. The topological polar surface area (TPSA) is 43.1 Å². The number of unbranched alkanes of at least 4 members (excludes halogenated alkanes) is 4. The van der Waals surface area contributed by atoms with E-state index in [0.29, 0.717) is 6.42 Å². The van der Waals surface area contributed by atoms with E-state index in [0.717, 1.165) is 19.3 Å². The van der Waals surface area contributed by atoms with Gasteiger partial charge in [-0.05, 0) is 24.8 Å². The monoisotopic (exact) mass is 218 g/mol. The Morgan fingerprint density at radius 1 is 1.06 bits per heavy atom. The number of nitrogens with two attached hydrogens (primary N) is 1. The predicted octanol–water partition coefficient (Wildman–Crippen LogP) is 3.06. The third kappa shape index (κ3) is 6.23. The molecule has 0 atom stereocenters. The first kappa shape index (κ1) is 12.8. The molecule has 16 heavy (non-hydrogen) atoms. The molecule has 2 N–H and O–H groups in total. The fourth-order valence-corrected chi connectivity index (χ4v) is 1.65. The Bertz CT molecular complexity index is 295. The summed E-state index contributed by atoms with van der Waals surface area (Å²) in [7, 11) is 0. The van der Waals surface area contributed by atoms with Crippen LogP contribution in [0.1, 0.15) is 44.1 Å². The Morgan fingerprint density at radius 3 is 2.44 bits per heavy atom. The van der Waals surface area contributed by atoms with Gasteiger partial charge in [0.2, 0.25) is 5.91 Å². The molecule has 0 bridgehead atoms. The standard InChI is InChI=1S/C14H20NO/c15-14(16)12-8-3-1-2-5-9-13-10-6-4-7-11-13/h4,6-7,9-11H,1-3,5,8,12H2,(H2,15,16). The van der Waals surface area contributed by atoms with Crippen molar-refractivity contribution in [1.29, 1.82) is 0 Å². The number of benzene rings is 1. The molecule has 0 saturated carbocycles. The molecule has 1 amide bonds. The highest BCUT2D eigenvalue weighted by atomic mass is 16.1. The molecular weight excluding hydrogens is 198 g/mol. The Labute approximate surface area is 97.9 Å². The van der Waals surface area contributed by atoms with Crippen LogP contribution in [0.3, 0.4) is 0 Å². The van der Waals surface area contributed by atoms with Gasteiger partial charge in [-0.15, -0.1) is 0 Å². The highest BCUT2D eigenvalue weighted by molar-refractivity contribution is 5.73. The predicted molar refractivity (Wildman–Crippen MR) is 66.7 cm³/mol. The fourth-order valence-electron chi connectivity index (χ4n) is 1.65. The average Bonchev–Trinajstić information content (AvgIpc) is 2.29. The molecule has 0 aromatic heterocycles. The first-order chi connectivity index (χ1) is 7.79. The summed E-state index contributed by atoms with van der Waals surface area (Å²) in [5, 5.41) is 0. The minimum atomic E-state index is -0.184. The molecule has 0 saturated heterocycles. The van der Waals surface area contributed by atoms with Crippen LogP contribution in [0.25, 0.3) is 0 Å². The summed E-state index contributed by atoms with van der Waals surface area (Å²) in [6.07, 6.45) is 8.30. The van der Waals surface area contributed by atoms with Gasteiger partial charge in [0, 0.05) is 6.42 Å². The Morgan fingerprint density at radius 2 is 1.75 bits per heavy atom. The normalized spacial score (nSPS) is 10.2. The molecule has 2 heteroatoms. The van der Waals surface area contributed by atoms with Crippen LogP contribution in [0.15, 0.2) is 30.3 Å². The van der Waals surface area contributed by atoms with Gasteiger partial charge in [-0.3, -0.25) is 4.79 Å². The Kier molecular flexibility index (Phi) is 6.31. The van der Waals surface area contributed by atoms with Crippen molar-refractivity contribution >= 4 is 5.91 Å². The molecule has 1 aromatic carbocycles. The quantitative estimate of drug-likeness (QED) is 0.669. The van der Waals surface area contributed by atoms with Gasteiger partial charge in [-0.2, -0.15) is 0 Å². The van der Waals surface area contributed by atoms with Crippen LogP contribution >= 0.6 is 0 Å². The summed E-state index contributed by atoms with van der Waals surface area (Å²) < 4.78 is 0. The number of amides is 1. The minimum Gasteiger partial charge on any atom is -0.370 e. The number of hydrogen-bond acceptors (Lipinski definition) is 1. The summed E-state index contributed by atoms with van der Waals surface area (Å²) in [5.41, 5.74) is 6.36. The molecule has 0 unspecified atom stereocenters. The molecule has 87 valence electrons. The molecular formula is C14H20NO. The SMILES string of the molecule is NC(=O)CCCCCC[CH]c1ccccc1. The summed E-state index contributed by atoms with van der Waals surface area (Å²) in [4.78, 5) is 10.5. The van der Waals surface area contributed by atoms with E-state index in [-0.39, 0.29) is 5.91 Å². The number of rotatable bonds is 8. The number of carbonyl (C=O) groups is 1. The van der Waals surface area contributed by atoms with Gasteiger partial charge in [0.05, 0.1) is 0 Å². The maximum atomic E-state index is 10.5. The molecule has 1 aromatic rings. The molecule has 0 spiro atoms. The summed E-state index contributed by atoms with van der Waals surface area (Å²) in [6.45, 7) is 0. The van der Waals surface area contributed by atoms with E-state index < -0.39 is 0 Å². The molecule has 1 rings (SSSR count). The fraction of sp³-hybridized carbons (Fsp3) is 0.429. The largest absolute Gasteiger partial charge is 0.370 e. The van der Waals surface area contributed by atoms with Gasteiger partial charge < -0.3 is 5.73 Å². The second kappa shape index (κ2) is 7.91. The minimum absolute atomic E-state index is 0.184. The second-order valence-corrected chi connectivity index (χ2v) is 4.03. The van der Waals surface area contributed by atoms with Crippen molar-refractivity contribution < 1.29 is 4.79 Å². The first-order valence-corrected chi connectivity index (χ1v) is 5.95. The van der Waals surface area contributed by atoms with Gasteiger partial charge in [0.1, 0.15) is 0 Å². The third-order valence-corrected chi connectivity index (χ3v) is 2.56. The third-order valence-electron chi connectivity index (χ3n) is 2.56. The van der Waals surface area contributed by atoms with Crippen LogP contribution in [-0.4, -0.2) is 5.91 Å². The zero-order chi connectivity index (χ0) is 11.6. The molecule has 0 aliphatic carbocycles. The maximum absolute atomic E-state index is 10.5. The lowest BCUT2D eigenvalue weighted by atomic mass is 10.1. The number of carbonyl (C=O) groups excluding carboxylic acids is 1. The molecule has 0 aliphatic heterocycles. The van der Waals surface area contributed by atoms with Crippen molar-refractivity contribution in [2.45, 2.75) is 38.5 Å². The van der Waals surface area contributed by atoms with E-state index in [4.69, 9.17) is 5.73 Å². The molecule has 0 aliphatic rings. The second-order valence-electron chi connectivity index (χ2n) is 4.03. The van der Waals surface area contributed by atoms with E-state index in [9.17, 15) is 4.79 Å². The first-order valence-electron chi connectivity index (χ1n) is 5.95. The van der Waals surface area contributed by atoms with E-state index >= 15 is 0 Å². The molecule has 0 fully saturated rings. The van der Waals surface area contributed by atoms with E-state index in [1.807, 2.05) is 6.07 Å². The highest BCUT2D eigenvalue weighted by Crippen LogP contribution is 2.11. The van der Waals surface area contributed by atoms with Crippen molar-refractivity contribution in [3.63, 3.8) is 0 Å². The lowest BCUT2D eigenvalue weighted by molar-refractivity contribution is -0.118. The van der Waals surface area contributed by atoms with E-state index in [2.05, 4.69) is 30.7 Å². The zero-order valence-corrected chi connectivity index (χ0v) is 9.69. The van der Waals surface area contributed by atoms with Crippen molar-refractivity contribution in [1.82, 2.24) is 0 Å². The number of primary amides is 1. The Hall–Kier alpha value is -1.31. The summed E-state index contributed by atoms with van der Waals surface area (Å²) >= 11 is 0. The van der Waals surface area contributed by atoms with Gasteiger partial charge in [-0.25, -0.2) is 0 Å². The summed E-state index contributed by atoms with van der Waals surface area (Å²) in [5.74, 6) is -0.184. The van der Waals surface area contributed by atoms with Crippen molar-refractivity contribution in [3.8, 4) is 0 Å². The van der Waals surface area contributed by atoms with Crippen molar-refractivity contribution in [2.75, 3.05) is 0 Å². The van der Waals surface area contributed by atoms with Gasteiger partial charge in [-0.1, -0.05) is 49.6 Å². The lowest BCUT2D eigenvalue weighted by Crippen LogP contribution is -2.09. The van der Waals surface area contributed by atoms with Crippen LogP contribution in [-0.2, 0) is 4.79 Å². The van der Waals surface area contributed by atoms with Crippen LogP contribution in [0.2, 0.25) is 0 Å². The highest BCUT2D eigenvalue weighted by Gasteiger charge is 1.96. The van der Waals surface area contributed by atoms with Gasteiger partial charge in [0.15, 0.2) is 0 Å². The smallest absolute Gasteiger partial charge is 0.217 e. The average molecular weight is 218 g/mol. The van der Waals surface area contributed by atoms with Gasteiger partial charge >= 0.3 is 0 Å². The molecule has 0 heterocycles. The van der Waals surface area contributed by atoms with Crippen molar-refractivity contribution in [2.24, 2.45) is 5.73 Å². The van der Waals surface area contributed by atoms with E-state index in [1.165, 1.54) is 18.4 Å². The van der Waals surface area contributed by atoms with Crippen LogP contribution in [0.4, 0.5) is 0 Å². The van der Waals surface area contributed by atoms with Crippen molar-refractivity contribution in [3.05, 3.63) is 42.3 Å². The number of hydrogen-bond donors (Lipinski definition) is 1.